The van der Waals surface area contributed by atoms with Crippen LogP contribution in [0.25, 0.3) is 0 Å². The number of alkyl halides is 3. The number of rotatable bonds is 4. The van der Waals surface area contributed by atoms with Crippen molar-refractivity contribution in [1.29, 1.82) is 0 Å². The third kappa shape index (κ3) is 6.35. The average Bonchev–Trinajstić information content (AvgIpc) is 2.54. The van der Waals surface area contributed by atoms with E-state index in [4.69, 9.17) is 5.73 Å². The highest BCUT2D eigenvalue weighted by Crippen LogP contribution is 2.30. The lowest BCUT2D eigenvalue weighted by Crippen LogP contribution is -2.55. The molecule has 27 heavy (non-hydrogen) atoms. The second-order valence-corrected chi connectivity index (χ2v) is 6.55. The molecule has 1 aromatic carbocycles. The van der Waals surface area contributed by atoms with Crippen LogP contribution in [0.4, 0.5) is 17.6 Å². The normalized spacial score (nSPS) is 21.2. The molecule has 0 aromatic heterocycles. The van der Waals surface area contributed by atoms with Gasteiger partial charge >= 0.3 is 12.1 Å². The molecule has 1 fully saturated rings. The Morgan fingerprint density at radius 2 is 1.89 bits per heavy atom. The fourth-order valence-electron chi connectivity index (χ4n) is 3.09. The van der Waals surface area contributed by atoms with Gasteiger partial charge in [0, 0.05) is 31.5 Å². The Hall–Kier alpha value is -1.87. The van der Waals surface area contributed by atoms with Crippen LogP contribution in [0.2, 0.25) is 0 Å². The summed E-state index contributed by atoms with van der Waals surface area (Å²) in [5.74, 6) is -3.25. The minimum absolute atomic E-state index is 0. The number of nitrogens with zero attached hydrogens (tertiary/aromatic N) is 1. The Bertz CT molecular complexity index is 653. The quantitative estimate of drug-likeness (QED) is 0.747. The molecule has 0 radical (unpaired) electrons. The Kier molecular flexibility index (Phi) is 8.04. The molecule has 1 aromatic rings. The second kappa shape index (κ2) is 9.36. The monoisotopic (exact) mass is 411 g/mol. The molecule has 0 spiro atoms. The molecular weight excluding hydrogens is 390 g/mol. The maximum absolute atomic E-state index is 13.1. The van der Waals surface area contributed by atoms with E-state index in [1.807, 2.05) is 5.32 Å². The lowest BCUT2D eigenvalue weighted by molar-refractivity contribution is -0.175. The number of nitrogens with one attached hydrogen (secondary N) is 1. The van der Waals surface area contributed by atoms with Crippen molar-refractivity contribution in [3.05, 3.63) is 35.6 Å². The molecule has 1 aliphatic rings. The van der Waals surface area contributed by atoms with Gasteiger partial charge in [-0.3, -0.25) is 9.59 Å². The van der Waals surface area contributed by atoms with Gasteiger partial charge in [-0.15, -0.1) is 12.4 Å². The van der Waals surface area contributed by atoms with Crippen LogP contribution < -0.4 is 11.1 Å². The number of hydrogen-bond donors (Lipinski definition) is 2. The van der Waals surface area contributed by atoms with Gasteiger partial charge in [0.1, 0.15) is 5.82 Å². The summed E-state index contributed by atoms with van der Waals surface area (Å²) < 4.78 is 51.1. The van der Waals surface area contributed by atoms with Crippen LogP contribution in [0.15, 0.2) is 24.3 Å². The summed E-state index contributed by atoms with van der Waals surface area (Å²) in [6.45, 7) is 1.92. The van der Waals surface area contributed by atoms with Crippen LogP contribution >= 0.6 is 12.4 Å². The lowest BCUT2D eigenvalue weighted by Gasteiger charge is -2.39. The zero-order valence-corrected chi connectivity index (χ0v) is 15.4. The maximum Gasteiger partial charge on any atom is 0.471 e. The summed E-state index contributed by atoms with van der Waals surface area (Å²) in [5, 5.41) is 1.98. The zero-order valence-electron chi connectivity index (χ0n) is 14.6. The fraction of sp³-hybridized carbons (Fsp3) is 0.529. The van der Waals surface area contributed by atoms with Gasteiger partial charge in [0.05, 0.1) is 6.04 Å². The molecule has 1 heterocycles. The topological polar surface area (TPSA) is 75.4 Å². The molecule has 0 bridgehead atoms. The maximum atomic E-state index is 13.1. The average molecular weight is 412 g/mol. The first-order valence-corrected chi connectivity index (χ1v) is 8.24. The van der Waals surface area contributed by atoms with Gasteiger partial charge in [-0.2, -0.15) is 13.2 Å². The van der Waals surface area contributed by atoms with Gasteiger partial charge in [0.15, 0.2) is 0 Å². The van der Waals surface area contributed by atoms with Crippen molar-refractivity contribution in [2.75, 3.05) is 13.1 Å². The Labute approximate surface area is 160 Å². The molecule has 152 valence electrons. The van der Waals surface area contributed by atoms with Crippen molar-refractivity contribution in [3.63, 3.8) is 0 Å². The minimum Gasteiger partial charge on any atom is -0.343 e. The Morgan fingerprint density at radius 1 is 1.30 bits per heavy atom. The van der Waals surface area contributed by atoms with E-state index >= 15 is 0 Å². The molecule has 2 rings (SSSR count). The van der Waals surface area contributed by atoms with E-state index in [0.717, 1.165) is 0 Å². The molecule has 10 heteroatoms. The predicted molar refractivity (Wildman–Crippen MR) is 93.8 cm³/mol. The van der Waals surface area contributed by atoms with Gasteiger partial charge in [-0.05, 0) is 31.0 Å². The molecular formula is C17H22ClF4N3O2. The highest BCUT2D eigenvalue weighted by Gasteiger charge is 2.42. The molecule has 3 unspecified atom stereocenters. The number of halogens is 5. The predicted octanol–water partition coefficient (Wildman–Crippen LogP) is 2.35. The summed E-state index contributed by atoms with van der Waals surface area (Å²) in [6, 6.07) is 4.08. The van der Waals surface area contributed by atoms with Gasteiger partial charge in [0.25, 0.3) is 0 Å². The standard InChI is InChI=1S/C17H21F4N3O2.ClH/c1-10(22)8-15(25)24-7-6-13(11-2-4-12(18)5-3-11)14(9-24)23-16(26)17(19,20)21;/h2-5,10,13-14H,6-9,22H2,1H3,(H,23,26);1H. The second-order valence-electron chi connectivity index (χ2n) is 6.55. The first kappa shape index (κ1) is 23.2. The van der Waals surface area contributed by atoms with Crippen LogP contribution in [0.1, 0.15) is 31.2 Å². The van der Waals surface area contributed by atoms with Crippen molar-refractivity contribution in [3.8, 4) is 0 Å². The highest BCUT2D eigenvalue weighted by molar-refractivity contribution is 5.85. The van der Waals surface area contributed by atoms with E-state index in [9.17, 15) is 27.2 Å². The Morgan fingerprint density at radius 3 is 2.41 bits per heavy atom. The molecule has 5 nitrogen and oxygen atoms in total. The number of carbonyl (C=O) groups is 2. The summed E-state index contributed by atoms with van der Waals surface area (Å²) in [7, 11) is 0. The van der Waals surface area contributed by atoms with Crippen LogP contribution in [0.3, 0.4) is 0 Å². The van der Waals surface area contributed by atoms with Gasteiger partial charge in [0.2, 0.25) is 5.91 Å². The van der Waals surface area contributed by atoms with E-state index in [-0.39, 0.29) is 37.3 Å². The molecule has 0 aliphatic carbocycles. The number of carbonyl (C=O) groups excluding carboxylic acids is 2. The fourth-order valence-corrected chi connectivity index (χ4v) is 3.09. The van der Waals surface area contributed by atoms with Gasteiger partial charge in [-0.1, -0.05) is 12.1 Å². The third-order valence-corrected chi connectivity index (χ3v) is 4.33. The van der Waals surface area contributed by atoms with Crippen molar-refractivity contribution in [1.82, 2.24) is 10.2 Å². The van der Waals surface area contributed by atoms with Crippen LogP contribution in [-0.2, 0) is 9.59 Å². The van der Waals surface area contributed by atoms with E-state index in [1.54, 1.807) is 6.92 Å². The molecule has 3 atom stereocenters. The first-order chi connectivity index (χ1) is 12.1. The lowest BCUT2D eigenvalue weighted by atomic mass is 9.85. The van der Waals surface area contributed by atoms with Crippen molar-refractivity contribution < 1.29 is 27.2 Å². The van der Waals surface area contributed by atoms with Gasteiger partial charge < -0.3 is 16.0 Å². The molecule has 2 amide bonds. The summed E-state index contributed by atoms with van der Waals surface area (Å²) in [6.07, 6.45) is -4.61. The van der Waals surface area contributed by atoms with E-state index in [2.05, 4.69) is 0 Å². The number of piperidine rings is 1. The summed E-state index contributed by atoms with van der Waals surface area (Å²) in [4.78, 5) is 25.0. The zero-order chi connectivity index (χ0) is 19.5. The van der Waals surface area contributed by atoms with Crippen molar-refractivity contribution in [2.24, 2.45) is 5.73 Å². The minimum atomic E-state index is -5.02. The summed E-state index contributed by atoms with van der Waals surface area (Å²) >= 11 is 0. The molecule has 1 saturated heterocycles. The van der Waals surface area contributed by atoms with Crippen molar-refractivity contribution >= 4 is 24.2 Å². The van der Waals surface area contributed by atoms with Crippen molar-refractivity contribution in [2.45, 2.75) is 43.9 Å². The van der Waals surface area contributed by atoms with Gasteiger partial charge in [-0.25, -0.2) is 4.39 Å². The smallest absolute Gasteiger partial charge is 0.343 e. The first-order valence-electron chi connectivity index (χ1n) is 8.24. The van der Waals surface area contributed by atoms with Crippen LogP contribution in [0, 0.1) is 5.82 Å². The van der Waals surface area contributed by atoms with E-state index in [1.165, 1.54) is 29.2 Å². The molecule has 1 aliphatic heterocycles. The SMILES string of the molecule is CC(N)CC(=O)N1CCC(c2ccc(F)cc2)C(NC(=O)C(F)(F)F)C1.Cl. The summed E-state index contributed by atoms with van der Waals surface area (Å²) in [5.41, 5.74) is 6.21. The van der Waals surface area contributed by atoms with Crippen LogP contribution in [-0.4, -0.2) is 48.1 Å². The molecule has 0 saturated carbocycles. The highest BCUT2D eigenvalue weighted by atomic mass is 35.5. The van der Waals surface area contributed by atoms with E-state index in [0.29, 0.717) is 18.5 Å². The number of amides is 2. The number of hydrogen-bond acceptors (Lipinski definition) is 3. The number of benzene rings is 1. The van der Waals surface area contributed by atoms with E-state index < -0.39 is 29.9 Å². The number of nitrogens with two attached hydrogens (primary N) is 1. The third-order valence-electron chi connectivity index (χ3n) is 4.33. The number of likely N-dealkylation sites (tertiary alicyclic amines) is 1. The largest absolute Gasteiger partial charge is 0.471 e. The van der Waals surface area contributed by atoms with Crippen LogP contribution in [0.5, 0.6) is 0 Å². The Balaban J connectivity index is 0.00000364. The molecule has 3 N–H and O–H groups in total.